The quantitative estimate of drug-likeness (QED) is 0.707. The van der Waals surface area contributed by atoms with Crippen LogP contribution in [0.4, 0.5) is 4.39 Å². The molecule has 4 saturated heterocycles. The minimum absolute atomic E-state index is 0.00115. The zero-order chi connectivity index (χ0) is 23.9. The number of hydrogen-bond acceptors (Lipinski definition) is 6. The van der Waals surface area contributed by atoms with Crippen LogP contribution in [-0.2, 0) is 16.1 Å². The summed E-state index contributed by atoms with van der Waals surface area (Å²) in [5.74, 6) is -0.198. The minimum Gasteiger partial charge on any atom is -0.348 e. The number of likely N-dealkylation sites (N-methyl/N-ethyl adjacent to an activating group) is 1. The van der Waals surface area contributed by atoms with E-state index in [9.17, 15) is 14.0 Å². The highest BCUT2D eigenvalue weighted by Gasteiger charge is 2.49. The van der Waals surface area contributed by atoms with E-state index in [1.807, 2.05) is 4.90 Å². The van der Waals surface area contributed by atoms with Gasteiger partial charge in [-0.3, -0.25) is 24.4 Å². The highest BCUT2D eigenvalue weighted by Crippen LogP contribution is 2.34. The summed E-state index contributed by atoms with van der Waals surface area (Å²) in [6, 6.07) is 2.10. The second-order valence-corrected chi connectivity index (χ2v) is 10.8. The number of fused-ring (bicyclic) bond motifs is 1. The van der Waals surface area contributed by atoms with Gasteiger partial charge in [-0.25, -0.2) is 4.39 Å². The van der Waals surface area contributed by atoms with Gasteiger partial charge in [-0.1, -0.05) is 0 Å². The van der Waals surface area contributed by atoms with E-state index in [0.717, 1.165) is 39.0 Å². The van der Waals surface area contributed by atoms with E-state index in [1.54, 1.807) is 12.3 Å². The number of likely N-dealkylation sites (tertiary alicyclic amines) is 2. The van der Waals surface area contributed by atoms with Gasteiger partial charge < -0.3 is 15.1 Å². The minimum atomic E-state index is -0.485. The van der Waals surface area contributed by atoms with E-state index in [2.05, 4.69) is 39.1 Å². The number of hydrogen-bond donors (Lipinski definition) is 1. The molecule has 1 aromatic heterocycles. The Labute approximate surface area is 201 Å². The van der Waals surface area contributed by atoms with Gasteiger partial charge >= 0.3 is 0 Å². The molecule has 4 aliphatic heterocycles. The third-order valence-corrected chi connectivity index (χ3v) is 8.68. The van der Waals surface area contributed by atoms with E-state index in [0.29, 0.717) is 50.4 Å². The van der Waals surface area contributed by atoms with Gasteiger partial charge in [0, 0.05) is 50.0 Å². The number of aromatic nitrogens is 1. The lowest BCUT2D eigenvalue weighted by atomic mass is 9.84. The van der Waals surface area contributed by atoms with Crippen molar-refractivity contribution in [3.63, 3.8) is 0 Å². The summed E-state index contributed by atoms with van der Waals surface area (Å²) in [7, 11) is 4.33. The Hall–Kier alpha value is -2.10. The number of carbonyl (C=O) groups excluding carboxylic acids is 2. The van der Waals surface area contributed by atoms with Crippen LogP contribution in [0.2, 0.25) is 0 Å². The summed E-state index contributed by atoms with van der Waals surface area (Å²) in [6.45, 7) is 4.81. The standard InChI is InChI=1S/C25H37FN6O2/c1-29-9-4-19(5-10-29)30(2)20-13-22-24(34)28-25(14-23(33)32(22)17-20)6-11-31(12-7-25)16-18-3-8-27-15-21(18)26/h3,8,15,19-20,22H,4-7,9-14,16-17H2,1-2H3,(H,28,34)/t20-,22-/m0/s1. The maximum absolute atomic E-state index is 14.0. The molecule has 186 valence electrons. The van der Waals surface area contributed by atoms with Gasteiger partial charge in [0.1, 0.15) is 11.9 Å². The molecule has 1 spiro atoms. The zero-order valence-electron chi connectivity index (χ0n) is 20.4. The number of rotatable bonds is 4. The highest BCUT2D eigenvalue weighted by molar-refractivity contribution is 5.92. The van der Waals surface area contributed by atoms with Crippen molar-refractivity contribution in [3.8, 4) is 0 Å². The van der Waals surface area contributed by atoms with Crippen molar-refractivity contribution in [3.05, 3.63) is 29.8 Å². The summed E-state index contributed by atoms with van der Waals surface area (Å²) in [5, 5.41) is 3.30. The van der Waals surface area contributed by atoms with Crippen molar-refractivity contribution in [2.75, 3.05) is 46.8 Å². The Morgan fingerprint density at radius 2 is 1.91 bits per heavy atom. The monoisotopic (exact) mass is 472 g/mol. The van der Waals surface area contributed by atoms with Crippen LogP contribution >= 0.6 is 0 Å². The molecular formula is C25H37FN6O2. The molecular weight excluding hydrogens is 435 g/mol. The predicted octanol–water partition coefficient (Wildman–Crippen LogP) is 1.07. The summed E-state index contributed by atoms with van der Waals surface area (Å²) in [4.78, 5) is 39.3. The molecule has 0 radical (unpaired) electrons. The molecule has 1 N–H and O–H groups in total. The predicted molar refractivity (Wildman–Crippen MR) is 126 cm³/mol. The van der Waals surface area contributed by atoms with Crippen LogP contribution in [0.5, 0.6) is 0 Å². The normalized spacial score (nSPS) is 28.9. The lowest BCUT2D eigenvalue weighted by molar-refractivity contribution is -0.135. The van der Waals surface area contributed by atoms with Crippen molar-refractivity contribution < 1.29 is 14.0 Å². The van der Waals surface area contributed by atoms with Crippen LogP contribution in [0.3, 0.4) is 0 Å². The lowest BCUT2D eigenvalue weighted by Crippen LogP contribution is -2.56. The molecule has 9 heteroatoms. The van der Waals surface area contributed by atoms with E-state index in [4.69, 9.17) is 0 Å². The van der Waals surface area contributed by atoms with Gasteiger partial charge in [-0.2, -0.15) is 0 Å². The maximum Gasteiger partial charge on any atom is 0.243 e. The smallest absolute Gasteiger partial charge is 0.243 e. The van der Waals surface area contributed by atoms with Crippen molar-refractivity contribution in [1.82, 2.24) is 29.9 Å². The van der Waals surface area contributed by atoms with Gasteiger partial charge in [0.25, 0.3) is 0 Å². The number of amides is 2. The molecule has 8 nitrogen and oxygen atoms in total. The molecule has 0 unspecified atom stereocenters. The van der Waals surface area contributed by atoms with Gasteiger partial charge in [0.15, 0.2) is 0 Å². The molecule has 4 fully saturated rings. The Morgan fingerprint density at radius 3 is 2.62 bits per heavy atom. The van der Waals surface area contributed by atoms with Gasteiger partial charge in [0.05, 0.1) is 18.2 Å². The summed E-state index contributed by atoms with van der Waals surface area (Å²) in [6.07, 6.45) is 7.61. The van der Waals surface area contributed by atoms with Crippen LogP contribution in [0, 0.1) is 5.82 Å². The van der Waals surface area contributed by atoms with Crippen molar-refractivity contribution in [2.45, 2.75) is 68.7 Å². The van der Waals surface area contributed by atoms with Crippen LogP contribution in [-0.4, -0.2) is 107 Å². The molecule has 34 heavy (non-hydrogen) atoms. The van der Waals surface area contributed by atoms with E-state index in [-0.39, 0.29) is 29.7 Å². The number of pyridine rings is 1. The first-order valence-corrected chi connectivity index (χ1v) is 12.7. The SMILES string of the molecule is CN1CCC(N(C)[C@H]2C[C@H]3C(=O)NC4(CCN(Cc5ccncc5F)CC4)CC(=O)N3C2)CC1. The van der Waals surface area contributed by atoms with Crippen LogP contribution in [0.25, 0.3) is 0 Å². The van der Waals surface area contributed by atoms with E-state index in [1.165, 1.54) is 6.20 Å². The molecule has 0 saturated carbocycles. The first kappa shape index (κ1) is 23.6. The average molecular weight is 473 g/mol. The van der Waals surface area contributed by atoms with Crippen molar-refractivity contribution in [1.29, 1.82) is 0 Å². The second kappa shape index (κ2) is 9.51. The van der Waals surface area contributed by atoms with Gasteiger partial charge in [-0.15, -0.1) is 0 Å². The average Bonchev–Trinajstić information content (AvgIpc) is 3.25. The summed E-state index contributed by atoms with van der Waals surface area (Å²) >= 11 is 0. The second-order valence-electron chi connectivity index (χ2n) is 10.8. The van der Waals surface area contributed by atoms with E-state index < -0.39 is 5.54 Å². The third kappa shape index (κ3) is 4.70. The third-order valence-electron chi connectivity index (χ3n) is 8.68. The van der Waals surface area contributed by atoms with Crippen molar-refractivity contribution >= 4 is 11.8 Å². The Bertz CT molecular complexity index is 884. The summed E-state index contributed by atoms with van der Waals surface area (Å²) in [5.41, 5.74) is 0.147. The number of carbonyl (C=O) groups is 2. The van der Waals surface area contributed by atoms with E-state index >= 15 is 0 Å². The van der Waals surface area contributed by atoms with Gasteiger partial charge in [-0.05, 0) is 65.4 Å². The molecule has 2 amide bonds. The fourth-order valence-electron chi connectivity index (χ4n) is 6.33. The lowest BCUT2D eigenvalue weighted by Gasteiger charge is -2.41. The molecule has 4 aliphatic rings. The molecule has 0 bridgehead atoms. The number of halogens is 1. The molecule has 5 rings (SSSR count). The zero-order valence-corrected chi connectivity index (χ0v) is 20.4. The Morgan fingerprint density at radius 1 is 1.18 bits per heavy atom. The van der Waals surface area contributed by atoms with Crippen LogP contribution < -0.4 is 5.32 Å². The molecule has 0 aromatic carbocycles. The topological polar surface area (TPSA) is 72.0 Å². The largest absolute Gasteiger partial charge is 0.348 e. The first-order chi connectivity index (χ1) is 16.3. The first-order valence-electron chi connectivity index (χ1n) is 12.7. The number of nitrogens with one attached hydrogen (secondary N) is 1. The molecule has 5 heterocycles. The van der Waals surface area contributed by atoms with Gasteiger partial charge in [0.2, 0.25) is 11.8 Å². The number of piperidine rings is 2. The molecule has 0 aliphatic carbocycles. The maximum atomic E-state index is 14.0. The number of nitrogens with zero attached hydrogens (tertiary/aromatic N) is 5. The molecule has 2 atom stereocenters. The Balaban J connectivity index is 1.20. The highest BCUT2D eigenvalue weighted by atomic mass is 19.1. The fourth-order valence-corrected chi connectivity index (χ4v) is 6.33. The van der Waals surface area contributed by atoms with Crippen LogP contribution in [0.1, 0.15) is 44.1 Å². The van der Waals surface area contributed by atoms with Crippen molar-refractivity contribution in [2.24, 2.45) is 0 Å². The van der Waals surface area contributed by atoms with Crippen LogP contribution in [0.15, 0.2) is 18.5 Å². The Kier molecular flexibility index (Phi) is 6.61. The summed E-state index contributed by atoms with van der Waals surface area (Å²) < 4.78 is 14.0. The molecule has 1 aromatic rings. The fraction of sp³-hybridized carbons (Fsp3) is 0.720.